The number of anilines is 1. The van der Waals surface area contributed by atoms with Crippen molar-refractivity contribution < 1.29 is 14.3 Å². The lowest BCUT2D eigenvalue weighted by Gasteiger charge is -2.21. The molecule has 1 aromatic heterocycles. The number of methoxy groups -OCH3 is 2. The zero-order valence-electron chi connectivity index (χ0n) is 16.0. The first-order valence-electron chi connectivity index (χ1n) is 9.27. The fraction of sp³-hybridized carbons (Fsp3) is 0.273. The number of nitrogens with zero attached hydrogens (tertiary/aromatic N) is 1. The number of aromatic nitrogens is 1. The SMILES string of the molecule is COc1cc2ncc(CC(N)=O)c(NC3CCc4ccccc43)c2cc1OC. The lowest BCUT2D eigenvalue weighted by Crippen LogP contribution is -2.17. The Hall–Kier alpha value is -3.28. The van der Waals surface area contributed by atoms with Crippen molar-refractivity contribution in [3.05, 3.63) is 59.3 Å². The van der Waals surface area contributed by atoms with Gasteiger partial charge in [0.15, 0.2) is 11.5 Å². The van der Waals surface area contributed by atoms with E-state index in [-0.39, 0.29) is 12.5 Å². The highest BCUT2D eigenvalue weighted by atomic mass is 16.5. The molecule has 1 amide bonds. The van der Waals surface area contributed by atoms with Gasteiger partial charge in [-0.2, -0.15) is 0 Å². The van der Waals surface area contributed by atoms with E-state index in [1.54, 1.807) is 20.4 Å². The van der Waals surface area contributed by atoms with Gasteiger partial charge in [0.2, 0.25) is 5.91 Å². The van der Waals surface area contributed by atoms with Gasteiger partial charge < -0.3 is 20.5 Å². The summed E-state index contributed by atoms with van der Waals surface area (Å²) in [4.78, 5) is 16.2. The summed E-state index contributed by atoms with van der Waals surface area (Å²) >= 11 is 0. The van der Waals surface area contributed by atoms with Gasteiger partial charge in [-0.05, 0) is 30.0 Å². The standard InChI is InChI=1S/C22H23N3O3/c1-27-19-10-16-18(11-20(19)28-2)24-12-14(9-21(23)26)22(16)25-17-8-7-13-5-3-4-6-15(13)17/h3-6,10-12,17H,7-9H2,1-2H3,(H2,23,26)(H,24,25). The predicted octanol–water partition coefficient (Wildman–Crippen LogP) is 3.38. The third kappa shape index (κ3) is 3.22. The maximum Gasteiger partial charge on any atom is 0.221 e. The van der Waals surface area contributed by atoms with E-state index in [2.05, 4.69) is 34.6 Å². The number of rotatable bonds is 6. The Morgan fingerprint density at radius 2 is 1.96 bits per heavy atom. The summed E-state index contributed by atoms with van der Waals surface area (Å²) in [6, 6.07) is 12.4. The Morgan fingerprint density at radius 1 is 1.21 bits per heavy atom. The zero-order valence-corrected chi connectivity index (χ0v) is 16.0. The highest BCUT2D eigenvalue weighted by Gasteiger charge is 2.24. The number of nitrogens with one attached hydrogen (secondary N) is 1. The van der Waals surface area contributed by atoms with E-state index in [1.165, 1.54) is 11.1 Å². The largest absolute Gasteiger partial charge is 0.493 e. The summed E-state index contributed by atoms with van der Waals surface area (Å²) < 4.78 is 10.9. The number of amides is 1. The minimum absolute atomic E-state index is 0.119. The van der Waals surface area contributed by atoms with Gasteiger partial charge in [-0.3, -0.25) is 9.78 Å². The van der Waals surface area contributed by atoms with Gasteiger partial charge in [0, 0.05) is 28.9 Å². The first-order chi connectivity index (χ1) is 13.6. The number of hydrogen-bond acceptors (Lipinski definition) is 5. The van der Waals surface area contributed by atoms with Crippen LogP contribution >= 0.6 is 0 Å². The Labute approximate surface area is 163 Å². The van der Waals surface area contributed by atoms with E-state index in [0.717, 1.165) is 35.0 Å². The van der Waals surface area contributed by atoms with Crippen LogP contribution in [0.4, 0.5) is 5.69 Å². The van der Waals surface area contributed by atoms with Crippen molar-refractivity contribution in [2.75, 3.05) is 19.5 Å². The van der Waals surface area contributed by atoms with E-state index in [1.807, 2.05) is 12.1 Å². The van der Waals surface area contributed by atoms with Gasteiger partial charge in [-0.1, -0.05) is 24.3 Å². The minimum Gasteiger partial charge on any atom is -0.493 e. The number of primary amides is 1. The van der Waals surface area contributed by atoms with Crippen LogP contribution in [0.3, 0.4) is 0 Å². The molecule has 0 saturated carbocycles. The van der Waals surface area contributed by atoms with Gasteiger partial charge >= 0.3 is 0 Å². The van der Waals surface area contributed by atoms with Crippen molar-refractivity contribution in [1.82, 2.24) is 4.98 Å². The number of carbonyl (C=O) groups excluding carboxylic acids is 1. The third-order valence-electron chi connectivity index (χ3n) is 5.27. The highest BCUT2D eigenvalue weighted by Crippen LogP contribution is 2.40. The lowest BCUT2D eigenvalue weighted by molar-refractivity contribution is -0.117. The Balaban J connectivity index is 1.85. The first kappa shape index (κ1) is 18.1. The minimum atomic E-state index is -0.392. The second kappa shape index (κ2) is 7.38. The summed E-state index contributed by atoms with van der Waals surface area (Å²) in [5, 5.41) is 4.53. The molecule has 0 saturated heterocycles. The van der Waals surface area contributed by atoms with E-state index < -0.39 is 5.91 Å². The topological polar surface area (TPSA) is 86.5 Å². The van der Waals surface area contributed by atoms with Gasteiger partial charge in [-0.15, -0.1) is 0 Å². The fourth-order valence-corrected chi connectivity index (χ4v) is 3.93. The van der Waals surface area contributed by atoms with Gasteiger partial charge in [0.1, 0.15) is 0 Å². The number of hydrogen-bond donors (Lipinski definition) is 2. The lowest BCUT2D eigenvalue weighted by atomic mass is 10.0. The molecular formula is C22H23N3O3. The molecule has 28 heavy (non-hydrogen) atoms. The smallest absolute Gasteiger partial charge is 0.221 e. The van der Waals surface area contributed by atoms with Crippen molar-refractivity contribution in [2.45, 2.75) is 25.3 Å². The summed E-state index contributed by atoms with van der Waals surface area (Å²) in [6.07, 6.45) is 3.85. The number of benzene rings is 2. The molecule has 6 heteroatoms. The number of fused-ring (bicyclic) bond motifs is 2. The van der Waals surface area contributed by atoms with Crippen molar-refractivity contribution in [1.29, 1.82) is 0 Å². The number of nitrogens with two attached hydrogens (primary N) is 1. The Morgan fingerprint density at radius 3 is 2.71 bits per heavy atom. The molecule has 4 rings (SSSR count). The summed E-state index contributed by atoms with van der Waals surface area (Å²) in [7, 11) is 3.20. The molecule has 1 aliphatic carbocycles. The quantitative estimate of drug-likeness (QED) is 0.688. The Bertz CT molecular complexity index is 1050. The summed E-state index contributed by atoms with van der Waals surface area (Å²) in [5.41, 5.74) is 10.5. The number of aryl methyl sites for hydroxylation is 1. The van der Waals surface area contributed by atoms with Crippen molar-refractivity contribution in [3.63, 3.8) is 0 Å². The van der Waals surface area contributed by atoms with Crippen LogP contribution < -0.4 is 20.5 Å². The number of ether oxygens (including phenoxy) is 2. The molecule has 1 unspecified atom stereocenters. The maximum atomic E-state index is 11.6. The average molecular weight is 377 g/mol. The molecule has 1 aliphatic rings. The monoisotopic (exact) mass is 377 g/mol. The predicted molar refractivity (Wildman–Crippen MR) is 109 cm³/mol. The second-order valence-electron chi connectivity index (χ2n) is 6.96. The van der Waals surface area contributed by atoms with Crippen LogP contribution in [-0.4, -0.2) is 25.1 Å². The average Bonchev–Trinajstić information content (AvgIpc) is 3.11. The molecule has 6 nitrogen and oxygen atoms in total. The molecule has 0 radical (unpaired) electrons. The second-order valence-corrected chi connectivity index (χ2v) is 6.96. The van der Waals surface area contributed by atoms with Crippen LogP contribution in [0, 0.1) is 0 Å². The molecular weight excluding hydrogens is 354 g/mol. The van der Waals surface area contributed by atoms with E-state index in [0.29, 0.717) is 11.5 Å². The van der Waals surface area contributed by atoms with Gasteiger partial charge in [0.25, 0.3) is 0 Å². The van der Waals surface area contributed by atoms with Crippen LogP contribution in [0.25, 0.3) is 10.9 Å². The van der Waals surface area contributed by atoms with Crippen molar-refractivity contribution in [2.24, 2.45) is 5.73 Å². The van der Waals surface area contributed by atoms with Gasteiger partial charge in [-0.25, -0.2) is 0 Å². The number of pyridine rings is 1. The van der Waals surface area contributed by atoms with Crippen molar-refractivity contribution in [3.8, 4) is 11.5 Å². The van der Waals surface area contributed by atoms with E-state index >= 15 is 0 Å². The van der Waals surface area contributed by atoms with Crippen LogP contribution in [0.2, 0.25) is 0 Å². The normalized spacial score (nSPS) is 15.3. The number of carbonyl (C=O) groups is 1. The van der Waals surface area contributed by atoms with Crippen molar-refractivity contribution >= 4 is 22.5 Å². The molecule has 0 bridgehead atoms. The maximum absolute atomic E-state index is 11.6. The van der Waals surface area contributed by atoms with E-state index in [4.69, 9.17) is 15.2 Å². The van der Waals surface area contributed by atoms with Crippen LogP contribution in [0.1, 0.15) is 29.2 Å². The highest BCUT2D eigenvalue weighted by molar-refractivity contribution is 5.96. The first-order valence-corrected chi connectivity index (χ1v) is 9.27. The molecule has 144 valence electrons. The Kier molecular flexibility index (Phi) is 4.77. The molecule has 0 aliphatic heterocycles. The molecule has 2 aromatic carbocycles. The third-order valence-corrected chi connectivity index (χ3v) is 5.27. The summed E-state index contributed by atoms with van der Waals surface area (Å²) in [6.45, 7) is 0. The zero-order chi connectivity index (χ0) is 19.7. The van der Waals surface area contributed by atoms with Crippen LogP contribution in [-0.2, 0) is 17.6 Å². The fourth-order valence-electron chi connectivity index (χ4n) is 3.93. The van der Waals surface area contributed by atoms with E-state index in [9.17, 15) is 4.79 Å². The molecule has 1 heterocycles. The van der Waals surface area contributed by atoms with Gasteiger partial charge in [0.05, 0.1) is 32.2 Å². The molecule has 1 atom stereocenters. The molecule has 0 fully saturated rings. The molecule has 3 aromatic rings. The van der Waals surface area contributed by atoms with Crippen LogP contribution in [0.5, 0.6) is 11.5 Å². The van der Waals surface area contributed by atoms with Crippen LogP contribution in [0.15, 0.2) is 42.6 Å². The molecule has 3 N–H and O–H groups in total. The molecule has 0 spiro atoms. The summed E-state index contributed by atoms with van der Waals surface area (Å²) in [5.74, 6) is 0.835.